The van der Waals surface area contributed by atoms with Gasteiger partial charge in [0.2, 0.25) is 0 Å². The summed E-state index contributed by atoms with van der Waals surface area (Å²) in [4.78, 5) is 19.1. The fourth-order valence-electron chi connectivity index (χ4n) is 4.42. The lowest BCUT2D eigenvalue weighted by molar-refractivity contribution is -0.136. The van der Waals surface area contributed by atoms with Crippen LogP contribution in [0.4, 0.5) is 17.6 Å². The molecule has 0 N–H and O–H groups in total. The molecule has 4 aromatic rings. The Bertz CT molecular complexity index is 1360. The number of rotatable bonds is 3. The molecule has 34 heavy (non-hydrogen) atoms. The third-order valence-corrected chi connectivity index (χ3v) is 6.38. The molecule has 1 atom stereocenters. The van der Waals surface area contributed by atoms with Crippen LogP contribution in [0, 0.1) is 5.82 Å². The van der Waals surface area contributed by atoms with E-state index in [9.17, 15) is 22.4 Å². The Kier molecular flexibility index (Phi) is 5.59. The summed E-state index contributed by atoms with van der Waals surface area (Å²) in [5, 5.41) is -0.223. The number of likely N-dealkylation sites (tertiary alicyclic amines) is 1. The number of carbonyl (C=O) groups excluding carboxylic acids is 1. The highest BCUT2D eigenvalue weighted by atomic mass is 35.5. The van der Waals surface area contributed by atoms with E-state index in [1.54, 1.807) is 12.1 Å². The number of benzene rings is 1. The third kappa shape index (κ3) is 3.94. The van der Waals surface area contributed by atoms with Crippen molar-refractivity contribution < 1.29 is 26.8 Å². The van der Waals surface area contributed by atoms with E-state index >= 15 is 0 Å². The first-order valence-electron chi connectivity index (χ1n) is 10.6. The van der Waals surface area contributed by atoms with Crippen molar-refractivity contribution >= 4 is 23.2 Å². The summed E-state index contributed by atoms with van der Waals surface area (Å²) >= 11 is 6.45. The molecule has 1 unspecified atom stereocenters. The number of halogens is 5. The van der Waals surface area contributed by atoms with Crippen LogP contribution in [0.1, 0.15) is 46.9 Å². The van der Waals surface area contributed by atoms with E-state index < -0.39 is 35.2 Å². The zero-order chi connectivity index (χ0) is 24.0. The van der Waals surface area contributed by atoms with Gasteiger partial charge in [-0.1, -0.05) is 23.7 Å². The minimum Gasteiger partial charge on any atom is -0.472 e. The van der Waals surface area contributed by atoms with Gasteiger partial charge in [0.05, 0.1) is 24.1 Å². The number of hydrogen-bond donors (Lipinski definition) is 0. The van der Waals surface area contributed by atoms with E-state index in [1.807, 2.05) is 0 Å². The van der Waals surface area contributed by atoms with Crippen molar-refractivity contribution in [3.63, 3.8) is 0 Å². The standard InChI is InChI=1S/C24H18ClF4N3O2/c25-21-20(23(33)31-8-2-1-6-19(31)14-4-3-5-17(26)10-14)30-22-18(24(27,28)29)11-16(12-32(21)22)15-7-9-34-13-15/h3-5,7,9-13,19H,1-2,6,8H2. The number of pyridine rings is 1. The highest BCUT2D eigenvalue weighted by molar-refractivity contribution is 6.33. The van der Waals surface area contributed by atoms with Crippen LogP contribution in [-0.2, 0) is 6.18 Å². The van der Waals surface area contributed by atoms with Gasteiger partial charge in [-0.05, 0) is 49.1 Å². The predicted molar refractivity (Wildman–Crippen MR) is 117 cm³/mol. The molecule has 10 heteroatoms. The van der Waals surface area contributed by atoms with Crippen LogP contribution in [0.3, 0.4) is 0 Å². The molecule has 0 bridgehead atoms. The van der Waals surface area contributed by atoms with Crippen LogP contribution in [0.15, 0.2) is 59.5 Å². The highest BCUT2D eigenvalue weighted by Gasteiger charge is 2.37. The molecule has 5 rings (SSSR count). The van der Waals surface area contributed by atoms with Crippen LogP contribution in [-0.4, -0.2) is 26.7 Å². The molecule has 1 aliphatic rings. The second kappa shape index (κ2) is 8.47. The largest absolute Gasteiger partial charge is 0.472 e. The lowest BCUT2D eigenvalue weighted by atomic mass is 9.95. The molecule has 1 saturated heterocycles. The Morgan fingerprint density at radius 2 is 1.97 bits per heavy atom. The van der Waals surface area contributed by atoms with Crippen molar-refractivity contribution in [1.82, 2.24) is 14.3 Å². The molecule has 0 aliphatic carbocycles. The number of amides is 1. The second-order valence-electron chi connectivity index (χ2n) is 8.16. The quantitative estimate of drug-likeness (QED) is 0.297. The van der Waals surface area contributed by atoms with Crippen LogP contribution in [0.25, 0.3) is 16.8 Å². The van der Waals surface area contributed by atoms with E-state index in [2.05, 4.69) is 4.98 Å². The van der Waals surface area contributed by atoms with Gasteiger partial charge in [0, 0.05) is 23.9 Å². The summed E-state index contributed by atoms with van der Waals surface area (Å²) in [5.41, 5.74) is -0.513. The molecule has 4 heterocycles. The van der Waals surface area contributed by atoms with Crippen LogP contribution < -0.4 is 0 Å². The van der Waals surface area contributed by atoms with Crippen LogP contribution in [0.2, 0.25) is 5.15 Å². The number of fused-ring (bicyclic) bond motifs is 1. The zero-order valence-corrected chi connectivity index (χ0v) is 18.4. The summed E-state index contributed by atoms with van der Waals surface area (Å²) in [7, 11) is 0. The third-order valence-electron chi connectivity index (χ3n) is 6.02. The van der Waals surface area contributed by atoms with Gasteiger partial charge in [-0.2, -0.15) is 13.2 Å². The lowest BCUT2D eigenvalue weighted by Crippen LogP contribution is -2.38. The molecule has 1 aliphatic heterocycles. The van der Waals surface area contributed by atoms with Gasteiger partial charge in [0.1, 0.15) is 11.0 Å². The smallest absolute Gasteiger partial charge is 0.420 e. The van der Waals surface area contributed by atoms with E-state index in [4.69, 9.17) is 16.0 Å². The molecule has 3 aromatic heterocycles. The number of piperidine rings is 1. The molecule has 176 valence electrons. The molecule has 1 aromatic carbocycles. The fraction of sp³-hybridized carbons (Fsp3) is 0.250. The molecule has 1 amide bonds. The summed E-state index contributed by atoms with van der Waals surface area (Å²) in [5.74, 6) is -1.02. The van der Waals surface area contributed by atoms with Crippen molar-refractivity contribution in [2.75, 3.05) is 6.54 Å². The topological polar surface area (TPSA) is 50.8 Å². The Morgan fingerprint density at radius 1 is 1.15 bits per heavy atom. The molecule has 5 nitrogen and oxygen atoms in total. The van der Waals surface area contributed by atoms with Crippen molar-refractivity contribution in [2.24, 2.45) is 0 Å². The first-order chi connectivity index (χ1) is 16.2. The summed E-state index contributed by atoms with van der Waals surface area (Å²) in [6.45, 7) is 0.358. The van der Waals surface area contributed by atoms with E-state index in [0.717, 1.165) is 16.9 Å². The molecular formula is C24H18ClF4N3O2. The van der Waals surface area contributed by atoms with Gasteiger partial charge in [0.15, 0.2) is 11.3 Å². The Hall–Kier alpha value is -3.33. The van der Waals surface area contributed by atoms with Crippen molar-refractivity contribution in [1.29, 1.82) is 0 Å². The summed E-state index contributed by atoms with van der Waals surface area (Å²) < 4.78 is 61.6. The number of aromatic nitrogens is 2. The normalized spacial score (nSPS) is 16.9. The van der Waals surface area contributed by atoms with Gasteiger partial charge in [-0.15, -0.1) is 0 Å². The molecule has 0 radical (unpaired) electrons. The second-order valence-corrected chi connectivity index (χ2v) is 8.52. The molecule has 0 saturated carbocycles. The van der Waals surface area contributed by atoms with Crippen LogP contribution >= 0.6 is 11.6 Å². The van der Waals surface area contributed by atoms with E-state index in [0.29, 0.717) is 30.5 Å². The Labute approximate surface area is 196 Å². The number of carbonyl (C=O) groups is 1. The van der Waals surface area contributed by atoms with Gasteiger partial charge < -0.3 is 9.32 Å². The van der Waals surface area contributed by atoms with Gasteiger partial charge >= 0.3 is 6.18 Å². The van der Waals surface area contributed by atoms with E-state index in [-0.39, 0.29) is 16.4 Å². The summed E-state index contributed by atoms with van der Waals surface area (Å²) in [6.07, 6.45) is 1.46. The number of imidazole rings is 1. The molecule has 0 spiro atoms. The number of nitrogens with zero attached hydrogens (tertiary/aromatic N) is 3. The first-order valence-corrected chi connectivity index (χ1v) is 11.0. The lowest BCUT2D eigenvalue weighted by Gasteiger charge is -2.35. The Balaban J connectivity index is 1.62. The maximum atomic E-state index is 13.9. The van der Waals surface area contributed by atoms with Crippen molar-refractivity contribution in [3.05, 3.63) is 82.9 Å². The SMILES string of the molecule is O=C(c1nc2c(C(F)(F)F)cc(-c3ccoc3)cn2c1Cl)N1CCCCC1c1cccc(F)c1. The molecule has 1 fully saturated rings. The summed E-state index contributed by atoms with van der Waals surface area (Å²) in [6, 6.07) is 8.01. The van der Waals surface area contributed by atoms with Crippen LogP contribution in [0.5, 0.6) is 0 Å². The monoisotopic (exact) mass is 491 g/mol. The van der Waals surface area contributed by atoms with Gasteiger partial charge in [-0.25, -0.2) is 9.37 Å². The minimum atomic E-state index is -4.73. The van der Waals surface area contributed by atoms with Gasteiger partial charge in [0.25, 0.3) is 5.91 Å². The average molecular weight is 492 g/mol. The fourth-order valence-corrected chi connectivity index (χ4v) is 4.67. The van der Waals surface area contributed by atoms with Crippen molar-refractivity contribution in [3.8, 4) is 11.1 Å². The Morgan fingerprint density at radius 3 is 2.68 bits per heavy atom. The average Bonchev–Trinajstić information content (AvgIpc) is 3.46. The minimum absolute atomic E-state index is 0.211. The van der Waals surface area contributed by atoms with Gasteiger partial charge in [-0.3, -0.25) is 9.20 Å². The maximum absolute atomic E-state index is 13.9. The van der Waals surface area contributed by atoms with Crippen molar-refractivity contribution in [2.45, 2.75) is 31.5 Å². The highest BCUT2D eigenvalue weighted by Crippen LogP contribution is 2.38. The first kappa shape index (κ1) is 22.5. The van der Waals surface area contributed by atoms with E-state index in [1.165, 1.54) is 41.8 Å². The predicted octanol–water partition coefficient (Wildman–Crippen LogP) is 6.77. The number of furan rings is 1. The zero-order valence-electron chi connectivity index (χ0n) is 17.6. The maximum Gasteiger partial charge on any atom is 0.420 e. The number of hydrogen-bond acceptors (Lipinski definition) is 3. The number of alkyl halides is 3. The molecular weight excluding hydrogens is 474 g/mol.